The topological polar surface area (TPSA) is 422 Å². The van der Waals surface area contributed by atoms with Gasteiger partial charge in [0.1, 0.15) is 42.4 Å². The third-order valence-electron chi connectivity index (χ3n) is 13.8. The third kappa shape index (κ3) is 16.5. The van der Waals surface area contributed by atoms with Gasteiger partial charge in [0.05, 0.1) is 72.7 Å². The average Bonchev–Trinajstić information content (AvgIpc) is 1.49. The van der Waals surface area contributed by atoms with Gasteiger partial charge in [0.15, 0.2) is 17.1 Å². The van der Waals surface area contributed by atoms with Crippen LogP contribution in [0.3, 0.4) is 0 Å². The predicted molar refractivity (Wildman–Crippen MR) is 287 cm³/mol. The predicted octanol–water partition coefficient (Wildman–Crippen LogP) is -5.49. The van der Waals surface area contributed by atoms with Gasteiger partial charge in [0.25, 0.3) is 11.8 Å². The Morgan fingerprint density at radius 3 is 1.93 bits per heavy atom. The summed E-state index contributed by atoms with van der Waals surface area (Å²) in [5.41, 5.74) is 3.98. The number of unbranched alkanes of at least 4 members (excludes halogenated alkanes) is 2. The van der Waals surface area contributed by atoms with Crippen molar-refractivity contribution in [1.82, 2.24) is 16.0 Å². The summed E-state index contributed by atoms with van der Waals surface area (Å²) < 4.78 is 159. The molecule has 0 saturated carbocycles. The number of anilines is 2. The van der Waals surface area contributed by atoms with Crippen molar-refractivity contribution in [2.24, 2.45) is 10.2 Å². The number of hydrogen-bond donors (Lipinski definition) is 7. The fourth-order valence-corrected chi connectivity index (χ4v) is 12.9. The van der Waals surface area contributed by atoms with Crippen molar-refractivity contribution in [1.29, 1.82) is 0 Å². The van der Waals surface area contributed by atoms with Gasteiger partial charge in [-0.15, -0.1) is 10.2 Å². The molecule has 5 aromatic carbocycles. The molecule has 3 aliphatic rings. The van der Waals surface area contributed by atoms with Crippen LogP contribution in [0.5, 0.6) is 17.2 Å². The molecule has 88 heavy (non-hydrogen) atoms. The van der Waals surface area contributed by atoms with Crippen molar-refractivity contribution < 1.29 is 190 Å². The Morgan fingerprint density at radius 2 is 1.34 bits per heavy atom. The normalized spacial score (nSPS) is 15.4. The van der Waals surface area contributed by atoms with E-state index in [1.54, 1.807) is 19.1 Å². The molecule has 0 fully saturated rings. The maximum atomic E-state index is 14.0. The van der Waals surface area contributed by atoms with Crippen LogP contribution < -0.4 is 131 Å². The van der Waals surface area contributed by atoms with Crippen LogP contribution in [0.15, 0.2) is 105 Å². The Labute approximate surface area is 568 Å². The number of carbonyl (C=O) groups is 4. The standard InChI is InChI=1S/C53H57F3N7O19PS2.3Na/c1-29(30-7-5-8-31(25-30)49(67)68)61-27-33(64)28-83(70,71)24-4-2-3-17-59-47(65)34-12-11-32(52(62-63-52)53(54,55)56)26-41(34)80-23-22-79-21-20-78-19-18-60-48(66)35-9-6-10-36-42(35)50(69)82-51(36)37-13-15-39(57)45(84(72,73)74)43(37)81-44-38(51)14-16-40(58)46(44)85(75,76)77;;;/h5-16,25-26,29,33,61,64H,2-4,17-24,27-28,57-58H2,1H3,(H,59,65)(H,60,66)(H,67,68)(H,70,71)(H,72,73,74)(H,75,76,77);;;/q;3*+1/p-3/t29-,33+;;;/m1.../s1. The molecule has 3 aliphatic heterocycles. The minimum Gasteiger partial charge on any atom is -0.744 e. The van der Waals surface area contributed by atoms with Crippen molar-refractivity contribution >= 4 is 62.7 Å². The summed E-state index contributed by atoms with van der Waals surface area (Å²) in [7, 11) is -14.8. The van der Waals surface area contributed by atoms with Crippen molar-refractivity contribution in [3.05, 3.63) is 135 Å². The van der Waals surface area contributed by atoms with Crippen molar-refractivity contribution in [3.8, 4) is 17.2 Å². The van der Waals surface area contributed by atoms with Gasteiger partial charge in [-0.3, -0.25) is 14.2 Å². The van der Waals surface area contributed by atoms with Gasteiger partial charge in [-0.25, -0.2) is 21.6 Å². The van der Waals surface area contributed by atoms with Crippen LogP contribution >= 0.6 is 7.37 Å². The number of ether oxygens (including phenoxy) is 5. The van der Waals surface area contributed by atoms with E-state index in [0.29, 0.717) is 18.4 Å². The number of amides is 2. The van der Waals surface area contributed by atoms with Crippen molar-refractivity contribution in [2.75, 3.05) is 76.5 Å². The summed E-state index contributed by atoms with van der Waals surface area (Å²) >= 11 is 0. The van der Waals surface area contributed by atoms with Crippen LogP contribution in [0, 0.1) is 0 Å². The van der Waals surface area contributed by atoms with E-state index < -0.39 is 119 Å². The number of aromatic carboxylic acids is 1. The zero-order valence-corrected chi connectivity index (χ0v) is 56.2. The Bertz CT molecular complexity index is 3690. The van der Waals surface area contributed by atoms with Gasteiger partial charge in [-0.05, 0) is 79.4 Å². The minimum atomic E-state index is -5.51. The number of nitrogen functional groups attached to an aromatic ring is 2. The van der Waals surface area contributed by atoms with E-state index in [1.807, 2.05) is 0 Å². The van der Waals surface area contributed by atoms with Gasteiger partial charge in [-0.1, -0.05) is 42.8 Å². The summed E-state index contributed by atoms with van der Waals surface area (Å²) in [5.74, 6) is -5.99. The van der Waals surface area contributed by atoms with Gasteiger partial charge in [0, 0.05) is 54.1 Å². The molecule has 1 spiro atoms. The van der Waals surface area contributed by atoms with E-state index >= 15 is 0 Å². The van der Waals surface area contributed by atoms with Crippen LogP contribution in [-0.4, -0.2) is 137 Å². The van der Waals surface area contributed by atoms with E-state index in [-0.39, 0.29) is 205 Å². The first-order valence-electron chi connectivity index (χ1n) is 25.9. The van der Waals surface area contributed by atoms with Crippen LogP contribution in [0.1, 0.15) is 101 Å². The first-order chi connectivity index (χ1) is 40.0. The van der Waals surface area contributed by atoms with Gasteiger partial charge < -0.3 is 80.1 Å². The number of aliphatic hydroxyl groups excluding tert-OH is 1. The zero-order chi connectivity index (χ0) is 61.9. The quantitative estimate of drug-likeness (QED) is 0.00613. The number of halogens is 3. The summed E-state index contributed by atoms with van der Waals surface area (Å²) in [4.78, 5) is 60.3. The molecule has 26 nitrogen and oxygen atoms in total. The summed E-state index contributed by atoms with van der Waals surface area (Å²) in [6.07, 6.45) is -5.58. The Morgan fingerprint density at radius 1 is 0.761 bits per heavy atom. The van der Waals surface area contributed by atoms with Crippen LogP contribution in [0.4, 0.5) is 24.5 Å². The molecule has 0 bridgehead atoms. The van der Waals surface area contributed by atoms with E-state index in [9.17, 15) is 78.0 Å². The summed E-state index contributed by atoms with van der Waals surface area (Å²) in [6, 6.07) is 17.1. The molecule has 8 rings (SSSR count). The van der Waals surface area contributed by atoms with Gasteiger partial charge in [-0.2, -0.15) is 13.2 Å². The van der Waals surface area contributed by atoms with Crippen LogP contribution in [-0.2, 0) is 50.3 Å². The van der Waals surface area contributed by atoms with Crippen LogP contribution in [0.2, 0.25) is 0 Å². The van der Waals surface area contributed by atoms with Crippen molar-refractivity contribution in [3.63, 3.8) is 0 Å². The molecular formula is C53H54F3N7Na3O19PS2. The zero-order valence-electron chi connectivity index (χ0n) is 47.7. The second-order valence-electron chi connectivity index (χ2n) is 19.7. The largest absolute Gasteiger partial charge is 1.00 e. The molecule has 456 valence electrons. The molecule has 35 heteroatoms. The number of carboxylic acid groups (broad SMARTS) is 1. The molecule has 3 atom stereocenters. The van der Waals surface area contributed by atoms with Gasteiger partial charge >= 0.3 is 106 Å². The number of hydrogen-bond acceptors (Lipinski definition) is 23. The molecule has 9 N–H and O–H groups in total. The van der Waals surface area contributed by atoms with Crippen LogP contribution in [0.25, 0.3) is 0 Å². The number of aliphatic hydroxyl groups is 1. The molecule has 0 aliphatic carbocycles. The fraction of sp³-hybridized carbons (Fsp3) is 0.358. The molecule has 2 amide bonds. The molecule has 0 saturated heterocycles. The second-order valence-corrected chi connectivity index (χ2v) is 24.8. The SMILES string of the molecule is C[C@@H](NC[C@H](O)CP(=O)(O)CCCCCNC(=O)c1ccc(C2(C(F)(F)F)N=N2)cc1OCCOCCOCCNC(=O)c1cccc2c1C(=O)OC21c2ccc(N)c(S(=O)(=O)[O-])c2Oc2c1ccc(N)c2S(=O)(=O)[O-])c1cccc(C(=O)[O-])c1.[Na+].[Na+].[Na+]. The number of nitrogens with one attached hydrogen (secondary N) is 3. The molecule has 3 heterocycles. The van der Waals surface area contributed by atoms with E-state index in [4.69, 9.17) is 35.2 Å². The maximum Gasteiger partial charge on any atom is 1.00 e. The number of nitrogens with zero attached hydrogens (tertiary/aromatic N) is 2. The number of nitrogens with two attached hydrogens (primary N) is 2. The number of carboxylic acids is 1. The fourth-order valence-electron chi connectivity index (χ4n) is 9.74. The smallest absolute Gasteiger partial charge is 0.744 e. The molecule has 0 aromatic heterocycles. The number of rotatable bonds is 28. The number of carbonyl (C=O) groups excluding carboxylic acids is 4. The number of benzene rings is 5. The molecule has 1 unspecified atom stereocenters. The second kappa shape index (κ2) is 30.2. The summed E-state index contributed by atoms with van der Waals surface area (Å²) in [5, 5.41) is 36.3. The summed E-state index contributed by atoms with van der Waals surface area (Å²) in [6.45, 7) is 0.997. The van der Waals surface area contributed by atoms with Crippen molar-refractivity contribution in [2.45, 2.75) is 65.6 Å². The Kier molecular flexibility index (Phi) is 25.5. The average molecular weight is 1310 g/mol. The van der Waals surface area contributed by atoms with E-state index in [2.05, 4.69) is 26.2 Å². The number of fused-ring (bicyclic) bond motifs is 6. The number of alkyl halides is 3. The first-order valence-corrected chi connectivity index (χ1v) is 30.7. The molecule has 0 radical (unpaired) electrons. The Hall–Kier alpha value is -4.58. The monoisotopic (exact) mass is 1310 g/mol. The minimum absolute atomic E-state index is 0. The van der Waals surface area contributed by atoms with E-state index in [0.717, 1.165) is 42.5 Å². The van der Waals surface area contributed by atoms with E-state index in [1.165, 1.54) is 30.3 Å². The first kappa shape index (κ1) is 74.2. The molecular weight excluding hydrogens is 1260 g/mol. The third-order valence-corrected chi connectivity index (χ3v) is 17.7. The van der Waals surface area contributed by atoms with Gasteiger partial charge in [0.2, 0.25) is 7.37 Å². The maximum absolute atomic E-state index is 14.0. The molecule has 5 aromatic rings. The number of esters is 1. The Balaban J connectivity index is 0.00000470.